The quantitative estimate of drug-likeness (QED) is 0.678. The maximum atomic E-state index is 12.8. The summed E-state index contributed by atoms with van der Waals surface area (Å²) in [5.74, 6) is 3.37. The Morgan fingerprint density at radius 1 is 1.07 bits per heavy atom. The van der Waals surface area contributed by atoms with Crippen molar-refractivity contribution < 1.29 is 9.90 Å². The van der Waals surface area contributed by atoms with Gasteiger partial charge in [0.2, 0.25) is 0 Å². The van der Waals surface area contributed by atoms with E-state index in [-0.39, 0.29) is 22.7 Å². The summed E-state index contributed by atoms with van der Waals surface area (Å²) in [5, 5.41) is 10.6. The van der Waals surface area contributed by atoms with E-state index in [0.29, 0.717) is 17.8 Å². The molecule has 5 aliphatic carbocycles. The summed E-state index contributed by atoms with van der Waals surface area (Å²) >= 11 is 0. The molecule has 0 heterocycles. The lowest BCUT2D eigenvalue weighted by molar-refractivity contribution is -0.113. The largest absolute Gasteiger partial charge is 0.393 e. The van der Waals surface area contributed by atoms with Crippen LogP contribution in [-0.2, 0) is 4.79 Å². The number of rotatable bonds is 1. The molecule has 27 heavy (non-hydrogen) atoms. The zero-order valence-corrected chi connectivity index (χ0v) is 16.6. The third-order valence-corrected chi connectivity index (χ3v) is 8.89. The topological polar surface area (TPSA) is 37.3 Å². The van der Waals surface area contributed by atoms with Crippen molar-refractivity contribution in [3.05, 3.63) is 54.9 Å². The molecule has 0 aromatic rings. The van der Waals surface area contributed by atoms with E-state index in [1.54, 1.807) is 0 Å². The first-order valence-corrected chi connectivity index (χ1v) is 10.8. The van der Waals surface area contributed by atoms with Crippen LogP contribution >= 0.6 is 0 Å². The first-order valence-electron chi connectivity index (χ1n) is 10.8. The Morgan fingerprint density at radius 3 is 2.63 bits per heavy atom. The second-order valence-electron chi connectivity index (χ2n) is 10.1. The highest BCUT2D eigenvalue weighted by molar-refractivity contribution is 6.06. The number of carbonyl (C=O) groups is 1. The first kappa shape index (κ1) is 18.2. The van der Waals surface area contributed by atoms with Crippen molar-refractivity contribution in [2.45, 2.75) is 64.9 Å². The summed E-state index contributed by atoms with van der Waals surface area (Å²) in [5.41, 5.74) is 2.62. The van der Waals surface area contributed by atoms with Gasteiger partial charge in [0, 0.05) is 5.92 Å². The van der Waals surface area contributed by atoms with Gasteiger partial charge in [0.25, 0.3) is 0 Å². The monoisotopic (exact) mass is 363 g/mol. The van der Waals surface area contributed by atoms with Crippen LogP contribution in [0.1, 0.15) is 58.8 Å². The molecule has 5 aliphatic rings. The molecular weight excluding hydrogens is 332 g/mol. The van der Waals surface area contributed by atoms with Gasteiger partial charge in [0.15, 0.2) is 5.78 Å². The second kappa shape index (κ2) is 6.31. The van der Waals surface area contributed by atoms with Crippen LogP contribution in [0, 0.1) is 60.2 Å². The fourth-order valence-electron chi connectivity index (χ4n) is 7.32. The van der Waals surface area contributed by atoms with E-state index in [0.717, 1.165) is 37.2 Å². The highest BCUT2D eigenvalue weighted by atomic mass is 16.3. The molecule has 5 rings (SSSR count). The van der Waals surface area contributed by atoms with Gasteiger partial charge in [-0.25, -0.2) is 0 Å². The smallest absolute Gasteiger partial charge is 0.181 e. The van der Waals surface area contributed by atoms with E-state index < -0.39 is 0 Å². The molecule has 4 saturated carbocycles. The molecule has 2 nitrogen and oxygen atoms in total. The average molecular weight is 364 g/mol. The number of aliphatic hydroxyl groups excluding tert-OH is 1. The number of hydrogen-bond acceptors (Lipinski definition) is 2. The Balaban J connectivity index is 1.46. The van der Waals surface area contributed by atoms with Crippen molar-refractivity contribution in [3.63, 3.8) is 0 Å². The molecule has 0 aromatic carbocycles. The number of carbonyl (C=O) groups excluding carboxylic acids is 1. The number of allylic oxidation sites excluding steroid dienone is 3. The zero-order chi connectivity index (χ0) is 18.8. The molecule has 5 radical (unpaired) electrons. The minimum Gasteiger partial charge on any atom is -0.393 e. The Bertz CT molecular complexity index is 697. The Labute approximate surface area is 164 Å². The Hall–Kier alpha value is -0.890. The lowest BCUT2D eigenvalue weighted by Gasteiger charge is -2.57. The maximum Gasteiger partial charge on any atom is 0.181 e. The van der Waals surface area contributed by atoms with Crippen LogP contribution in [0.4, 0.5) is 0 Å². The second-order valence-corrected chi connectivity index (χ2v) is 10.1. The van der Waals surface area contributed by atoms with E-state index in [1.807, 2.05) is 18.9 Å². The molecule has 0 aliphatic heterocycles. The van der Waals surface area contributed by atoms with Gasteiger partial charge in [0.1, 0.15) is 0 Å². The first-order chi connectivity index (χ1) is 12.9. The van der Waals surface area contributed by atoms with E-state index in [2.05, 4.69) is 32.8 Å². The maximum absolute atomic E-state index is 12.8. The summed E-state index contributed by atoms with van der Waals surface area (Å²) < 4.78 is 0. The molecule has 6 atom stereocenters. The fraction of sp³-hybridized carbons (Fsp3) is 0.600. The summed E-state index contributed by atoms with van der Waals surface area (Å²) in [6.45, 7) is 4.76. The summed E-state index contributed by atoms with van der Waals surface area (Å²) in [7, 11) is 0. The van der Waals surface area contributed by atoms with Crippen molar-refractivity contribution in [1.29, 1.82) is 0 Å². The van der Waals surface area contributed by atoms with Crippen LogP contribution in [0.2, 0.25) is 0 Å². The van der Waals surface area contributed by atoms with E-state index >= 15 is 0 Å². The van der Waals surface area contributed by atoms with Crippen LogP contribution in [0.5, 0.6) is 0 Å². The number of aliphatic hydroxyl groups is 1. The highest BCUT2D eigenvalue weighted by Crippen LogP contribution is 2.65. The normalized spacial score (nSPS) is 48.9. The minimum atomic E-state index is -0.117. The molecule has 0 bridgehead atoms. The summed E-state index contributed by atoms with van der Waals surface area (Å²) in [4.78, 5) is 12.8. The average Bonchev–Trinajstić information content (AvgIpc) is 3.24. The molecular formula is C25H31O2. The van der Waals surface area contributed by atoms with Crippen molar-refractivity contribution in [1.82, 2.24) is 0 Å². The minimum absolute atomic E-state index is 0.115. The summed E-state index contributed by atoms with van der Waals surface area (Å²) in [6, 6.07) is 0. The van der Waals surface area contributed by atoms with Crippen LogP contribution in [-0.4, -0.2) is 17.0 Å². The molecule has 1 N–H and O–H groups in total. The third-order valence-electron chi connectivity index (χ3n) is 8.89. The molecule has 0 aromatic heterocycles. The highest BCUT2D eigenvalue weighted by Gasteiger charge is 2.59. The van der Waals surface area contributed by atoms with Gasteiger partial charge in [-0.3, -0.25) is 4.79 Å². The van der Waals surface area contributed by atoms with Gasteiger partial charge in [-0.1, -0.05) is 25.5 Å². The van der Waals surface area contributed by atoms with E-state index in [9.17, 15) is 9.90 Å². The van der Waals surface area contributed by atoms with Gasteiger partial charge in [-0.2, -0.15) is 0 Å². The van der Waals surface area contributed by atoms with Crippen LogP contribution < -0.4 is 0 Å². The molecule has 143 valence electrons. The third kappa shape index (κ3) is 2.65. The molecule has 0 amide bonds. The molecule has 2 heteroatoms. The van der Waals surface area contributed by atoms with Crippen molar-refractivity contribution in [2.24, 2.45) is 28.6 Å². The van der Waals surface area contributed by atoms with E-state index in [4.69, 9.17) is 0 Å². The molecule has 0 unspecified atom stereocenters. The standard InChI is InChI=1S/C25H31O2/c1-24-12-11-21-19(20(24)9-10-23(24)27)8-7-18-14-22(26)17(15-25(18,21)2)13-16-5-3-4-6-16/h3-6,13-14,19-21,23,27H,7-12,15H2,1-2H3/b17-13-/t19-,20-,21-,23-,24-,25-/m0/s1. The van der Waals surface area contributed by atoms with Gasteiger partial charge in [0.05, 0.1) is 6.10 Å². The Morgan fingerprint density at radius 2 is 1.85 bits per heavy atom. The Kier molecular flexibility index (Phi) is 4.24. The number of fused-ring (bicyclic) bond motifs is 5. The van der Waals surface area contributed by atoms with Gasteiger partial charge >= 0.3 is 0 Å². The molecule has 0 saturated heterocycles. The predicted molar refractivity (Wildman–Crippen MR) is 107 cm³/mol. The number of hydrogen-bond donors (Lipinski definition) is 1. The lowest BCUT2D eigenvalue weighted by Crippen LogP contribution is -2.51. The summed E-state index contributed by atoms with van der Waals surface area (Å²) in [6.07, 6.45) is 19.8. The van der Waals surface area contributed by atoms with Gasteiger partial charge in [-0.15, -0.1) is 0 Å². The van der Waals surface area contributed by atoms with Gasteiger partial charge in [-0.05, 0) is 111 Å². The zero-order valence-electron chi connectivity index (χ0n) is 16.6. The molecule has 4 fully saturated rings. The van der Waals surface area contributed by atoms with Crippen LogP contribution in [0.25, 0.3) is 0 Å². The number of ketones is 1. The van der Waals surface area contributed by atoms with Crippen molar-refractivity contribution in [2.75, 3.05) is 0 Å². The van der Waals surface area contributed by atoms with Crippen LogP contribution in [0.15, 0.2) is 23.3 Å². The fourth-order valence-corrected chi connectivity index (χ4v) is 7.32. The van der Waals surface area contributed by atoms with E-state index in [1.165, 1.54) is 24.8 Å². The predicted octanol–water partition coefficient (Wildman–Crippen LogP) is 4.82. The SMILES string of the molecule is C[C@]12CC[C@H]3[C@@H](CCC4=CC(=O)/C(=C\[C]5[CH][CH][CH][CH]5)C[C@@]43C)[C@@H]1CC[C@@H]2O. The molecule has 0 spiro atoms. The van der Waals surface area contributed by atoms with Gasteiger partial charge < -0.3 is 5.11 Å². The van der Waals surface area contributed by atoms with Crippen molar-refractivity contribution in [3.8, 4) is 0 Å². The lowest BCUT2D eigenvalue weighted by atomic mass is 9.47. The van der Waals surface area contributed by atoms with Crippen LogP contribution in [0.3, 0.4) is 0 Å². The van der Waals surface area contributed by atoms with Crippen molar-refractivity contribution >= 4 is 5.78 Å².